The second-order valence-electron chi connectivity index (χ2n) is 3.64. The molecule has 1 aromatic rings. The van der Waals surface area contributed by atoms with Gasteiger partial charge in [-0.3, -0.25) is 0 Å². The molecule has 0 spiro atoms. The van der Waals surface area contributed by atoms with Gasteiger partial charge in [0.15, 0.2) is 9.84 Å². The second kappa shape index (κ2) is 3.45. The smallest absolute Gasteiger partial charge is 0.335 e. The number of benzene rings is 1. The molecular formula is C11H10O4S. The van der Waals surface area contributed by atoms with Crippen molar-refractivity contribution in [3.63, 3.8) is 0 Å². The molecular weight excluding hydrogens is 228 g/mol. The Labute approximate surface area is 93.1 Å². The van der Waals surface area contributed by atoms with E-state index in [1.54, 1.807) is 13.0 Å². The predicted octanol–water partition coefficient (Wildman–Crippen LogP) is 1.49. The number of aromatic carboxylic acids is 1. The summed E-state index contributed by atoms with van der Waals surface area (Å²) in [7, 11) is -3.29. The summed E-state index contributed by atoms with van der Waals surface area (Å²) in [4.78, 5) is 11.1. The van der Waals surface area contributed by atoms with E-state index in [4.69, 9.17) is 5.11 Å². The van der Waals surface area contributed by atoms with Crippen LogP contribution in [0.3, 0.4) is 0 Å². The molecule has 0 fully saturated rings. The fourth-order valence-corrected chi connectivity index (χ4v) is 3.16. The molecule has 0 saturated heterocycles. The lowest BCUT2D eigenvalue weighted by atomic mass is 10.0. The quantitative estimate of drug-likeness (QED) is 0.804. The average Bonchev–Trinajstić information content (AvgIpc) is 2.18. The van der Waals surface area contributed by atoms with Crippen LogP contribution in [0.15, 0.2) is 23.1 Å². The summed E-state index contributed by atoms with van der Waals surface area (Å²) >= 11 is 0. The van der Waals surface area contributed by atoms with E-state index in [0.29, 0.717) is 11.1 Å². The Balaban J connectivity index is 2.79. The molecule has 0 unspecified atom stereocenters. The third-order valence-electron chi connectivity index (χ3n) is 2.64. The van der Waals surface area contributed by atoms with Gasteiger partial charge in [-0.1, -0.05) is 12.2 Å². The number of hydrogen-bond donors (Lipinski definition) is 1. The van der Waals surface area contributed by atoms with Crippen LogP contribution in [0.2, 0.25) is 0 Å². The Bertz CT molecular complexity index is 597. The second-order valence-corrected chi connectivity index (χ2v) is 5.64. The molecule has 1 heterocycles. The van der Waals surface area contributed by atoms with E-state index < -0.39 is 15.8 Å². The van der Waals surface area contributed by atoms with Gasteiger partial charge in [0, 0.05) is 0 Å². The van der Waals surface area contributed by atoms with Crippen LogP contribution < -0.4 is 0 Å². The summed E-state index contributed by atoms with van der Waals surface area (Å²) in [5, 5.41) is 8.92. The van der Waals surface area contributed by atoms with Gasteiger partial charge in [0.25, 0.3) is 0 Å². The first-order valence-corrected chi connectivity index (χ1v) is 6.35. The molecule has 0 amide bonds. The van der Waals surface area contributed by atoms with Crippen LogP contribution in [0.4, 0.5) is 0 Å². The van der Waals surface area contributed by atoms with Crippen LogP contribution in [0.1, 0.15) is 21.5 Å². The summed E-state index contributed by atoms with van der Waals surface area (Å²) in [5.74, 6) is -1.07. The van der Waals surface area contributed by atoms with Crippen molar-refractivity contribution in [1.82, 2.24) is 0 Å². The Kier molecular flexibility index (Phi) is 2.35. The highest BCUT2D eigenvalue weighted by Gasteiger charge is 2.23. The molecule has 1 aromatic carbocycles. The maximum absolute atomic E-state index is 11.7. The van der Waals surface area contributed by atoms with Crippen molar-refractivity contribution in [2.24, 2.45) is 0 Å². The summed E-state index contributed by atoms with van der Waals surface area (Å²) in [6, 6.07) is 2.71. The Morgan fingerprint density at radius 2 is 2.06 bits per heavy atom. The average molecular weight is 238 g/mol. The summed E-state index contributed by atoms with van der Waals surface area (Å²) in [5.41, 5.74) is 1.12. The van der Waals surface area contributed by atoms with Crippen molar-refractivity contribution < 1.29 is 18.3 Å². The molecule has 0 atom stereocenters. The van der Waals surface area contributed by atoms with Crippen molar-refractivity contribution in [2.45, 2.75) is 11.8 Å². The van der Waals surface area contributed by atoms with Crippen molar-refractivity contribution in [3.05, 3.63) is 34.9 Å². The van der Waals surface area contributed by atoms with Crippen molar-refractivity contribution in [2.75, 3.05) is 5.75 Å². The molecule has 1 aliphatic heterocycles. The topological polar surface area (TPSA) is 71.4 Å². The van der Waals surface area contributed by atoms with E-state index in [-0.39, 0.29) is 16.2 Å². The highest BCUT2D eigenvalue weighted by Crippen LogP contribution is 2.28. The summed E-state index contributed by atoms with van der Waals surface area (Å²) in [6.07, 6.45) is 3.20. The lowest BCUT2D eigenvalue weighted by molar-refractivity contribution is 0.0696. The molecule has 0 aliphatic carbocycles. The molecule has 0 aromatic heterocycles. The van der Waals surface area contributed by atoms with Crippen LogP contribution in [0, 0.1) is 6.92 Å². The molecule has 1 aliphatic rings. The molecule has 5 heteroatoms. The first-order valence-electron chi connectivity index (χ1n) is 4.69. The van der Waals surface area contributed by atoms with Crippen LogP contribution >= 0.6 is 0 Å². The zero-order chi connectivity index (χ0) is 11.9. The minimum absolute atomic E-state index is 0.0220. The minimum Gasteiger partial charge on any atom is -0.478 e. The predicted molar refractivity (Wildman–Crippen MR) is 59.2 cm³/mol. The Hall–Kier alpha value is -1.62. The lowest BCUT2D eigenvalue weighted by Gasteiger charge is -2.14. The van der Waals surface area contributed by atoms with Gasteiger partial charge in [0.1, 0.15) is 0 Å². The van der Waals surface area contributed by atoms with Gasteiger partial charge in [-0.05, 0) is 30.2 Å². The van der Waals surface area contributed by atoms with E-state index in [9.17, 15) is 13.2 Å². The molecule has 16 heavy (non-hydrogen) atoms. The largest absolute Gasteiger partial charge is 0.478 e. The monoisotopic (exact) mass is 238 g/mol. The molecule has 1 N–H and O–H groups in total. The highest BCUT2D eigenvalue weighted by atomic mass is 32.2. The normalized spacial score (nSPS) is 16.8. The summed E-state index contributed by atoms with van der Waals surface area (Å²) in [6.45, 7) is 1.62. The maximum Gasteiger partial charge on any atom is 0.335 e. The van der Waals surface area contributed by atoms with Gasteiger partial charge in [-0.2, -0.15) is 0 Å². The molecule has 2 rings (SSSR count). The van der Waals surface area contributed by atoms with Crippen LogP contribution in [-0.4, -0.2) is 25.2 Å². The van der Waals surface area contributed by atoms with E-state index in [0.717, 1.165) is 0 Å². The van der Waals surface area contributed by atoms with Gasteiger partial charge in [0.2, 0.25) is 0 Å². The molecule has 0 saturated carbocycles. The SMILES string of the molecule is Cc1c(C(=O)O)ccc2c1C=CCS2(=O)=O. The zero-order valence-corrected chi connectivity index (χ0v) is 9.41. The maximum atomic E-state index is 11.7. The number of rotatable bonds is 1. The number of carboxylic acid groups (broad SMARTS) is 1. The third-order valence-corrected chi connectivity index (χ3v) is 4.30. The van der Waals surface area contributed by atoms with Gasteiger partial charge < -0.3 is 5.11 Å². The van der Waals surface area contributed by atoms with E-state index in [2.05, 4.69) is 0 Å². The minimum atomic E-state index is -3.29. The highest BCUT2D eigenvalue weighted by molar-refractivity contribution is 7.91. The van der Waals surface area contributed by atoms with Crippen molar-refractivity contribution >= 4 is 21.9 Å². The first kappa shape index (κ1) is 10.9. The van der Waals surface area contributed by atoms with Crippen molar-refractivity contribution in [3.8, 4) is 0 Å². The van der Waals surface area contributed by atoms with Crippen molar-refractivity contribution in [1.29, 1.82) is 0 Å². The van der Waals surface area contributed by atoms with E-state index >= 15 is 0 Å². The van der Waals surface area contributed by atoms with E-state index in [1.807, 2.05) is 0 Å². The van der Waals surface area contributed by atoms with Gasteiger partial charge in [-0.25, -0.2) is 13.2 Å². The molecule has 4 nitrogen and oxygen atoms in total. The molecule has 0 radical (unpaired) electrons. The number of hydrogen-bond acceptors (Lipinski definition) is 3. The van der Waals surface area contributed by atoms with Gasteiger partial charge >= 0.3 is 5.97 Å². The van der Waals surface area contributed by atoms with Gasteiger partial charge in [-0.15, -0.1) is 0 Å². The zero-order valence-electron chi connectivity index (χ0n) is 8.60. The molecule has 84 valence electrons. The van der Waals surface area contributed by atoms with Crippen LogP contribution in [0.5, 0.6) is 0 Å². The first-order chi connectivity index (χ1) is 7.43. The number of carboxylic acids is 1. The standard InChI is InChI=1S/C11H10O4S/c1-7-8-3-2-6-16(14,15)10(8)5-4-9(7)11(12)13/h2-5H,6H2,1H3,(H,12,13). The van der Waals surface area contributed by atoms with Gasteiger partial charge in [0.05, 0.1) is 16.2 Å². The number of fused-ring (bicyclic) bond motifs is 1. The third kappa shape index (κ3) is 1.53. The van der Waals surface area contributed by atoms with Crippen LogP contribution in [0.25, 0.3) is 6.08 Å². The van der Waals surface area contributed by atoms with E-state index in [1.165, 1.54) is 18.2 Å². The summed E-state index contributed by atoms with van der Waals surface area (Å²) < 4.78 is 23.4. The lowest BCUT2D eigenvalue weighted by Crippen LogP contribution is -2.13. The Morgan fingerprint density at radius 1 is 1.38 bits per heavy atom. The Morgan fingerprint density at radius 3 is 2.69 bits per heavy atom. The fourth-order valence-electron chi connectivity index (χ4n) is 1.80. The van der Waals surface area contributed by atoms with Crippen LogP contribution in [-0.2, 0) is 9.84 Å². The number of carbonyl (C=O) groups is 1. The number of sulfone groups is 1. The fraction of sp³-hybridized carbons (Fsp3) is 0.182. The molecule has 0 bridgehead atoms.